The summed E-state index contributed by atoms with van der Waals surface area (Å²) in [6.45, 7) is 2.07. The van der Waals surface area contributed by atoms with E-state index in [0.29, 0.717) is 0 Å². The monoisotopic (exact) mass is 282 g/mol. The summed E-state index contributed by atoms with van der Waals surface area (Å²) in [5.41, 5.74) is 2.96. The fourth-order valence-corrected chi connectivity index (χ4v) is 1.72. The molecule has 1 heterocycles. The second-order valence-corrected chi connectivity index (χ2v) is 5.14. The topological polar surface area (TPSA) is 72.6 Å². The highest BCUT2D eigenvalue weighted by Gasteiger charge is 2.49. The molecule has 0 aromatic heterocycles. The first-order valence-corrected chi connectivity index (χ1v) is 5.79. The number of alkyl halides is 3. The van der Waals surface area contributed by atoms with Gasteiger partial charge in [-0.25, -0.2) is 0 Å². The largest absolute Gasteiger partial charge is 0.394 e. The van der Waals surface area contributed by atoms with Gasteiger partial charge < -0.3 is 15.4 Å². The number of morpholine rings is 1. The molecular weight excluding hydrogens is 265 g/mol. The van der Waals surface area contributed by atoms with Crippen LogP contribution in [0, 0.1) is 5.41 Å². The average molecular weight is 282 g/mol. The molecule has 0 aromatic rings. The van der Waals surface area contributed by atoms with Crippen LogP contribution in [0.15, 0.2) is 0 Å². The molecule has 0 aromatic carbocycles. The standard InChI is InChI=1S/C11H17F3N2O3/c1-10(2,11(12,13)14)5-8(17)16-3-4-19-6-7(16)9(15)18/h7H,3-6H2,1-2H3,(H2,15,18). The molecule has 19 heavy (non-hydrogen) atoms. The van der Waals surface area contributed by atoms with Crippen molar-refractivity contribution in [2.45, 2.75) is 32.5 Å². The summed E-state index contributed by atoms with van der Waals surface area (Å²) in [6, 6.07) is -0.995. The predicted molar refractivity (Wildman–Crippen MR) is 60.0 cm³/mol. The van der Waals surface area contributed by atoms with Gasteiger partial charge in [0.2, 0.25) is 11.8 Å². The van der Waals surface area contributed by atoms with E-state index in [1.807, 2.05) is 0 Å². The van der Waals surface area contributed by atoms with Gasteiger partial charge in [-0.3, -0.25) is 9.59 Å². The van der Waals surface area contributed by atoms with Crippen LogP contribution in [-0.2, 0) is 14.3 Å². The van der Waals surface area contributed by atoms with Gasteiger partial charge >= 0.3 is 6.18 Å². The van der Waals surface area contributed by atoms with Crippen LogP contribution in [0.25, 0.3) is 0 Å². The third-order valence-electron chi connectivity index (χ3n) is 3.14. The maximum atomic E-state index is 12.7. The van der Waals surface area contributed by atoms with E-state index < -0.39 is 35.9 Å². The smallest absolute Gasteiger partial charge is 0.377 e. The van der Waals surface area contributed by atoms with Crippen LogP contribution in [0.5, 0.6) is 0 Å². The zero-order valence-electron chi connectivity index (χ0n) is 10.8. The summed E-state index contributed by atoms with van der Waals surface area (Å²) < 4.78 is 43.2. The minimum atomic E-state index is -4.49. The number of carbonyl (C=O) groups excluding carboxylic acids is 2. The third kappa shape index (κ3) is 3.59. The number of halogens is 3. The van der Waals surface area contributed by atoms with Gasteiger partial charge in [-0.05, 0) is 0 Å². The Hall–Kier alpha value is -1.31. The highest BCUT2D eigenvalue weighted by atomic mass is 19.4. The van der Waals surface area contributed by atoms with Crippen molar-refractivity contribution < 1.29 is 27.5 Å². The number of hydrogen-bond donors (Lipinski definition) is 1. The number of primary amides is 1. The van der Waals surface area contributed by atoms with Crippen molar-refractivity contribution in [3.8, 4) is 0 Å². The van der Waals surface area contributed by atoms with Crippen molar-refractivity contribution in [2.75, 3.05) is 19.8 Å². The molecular formula is C11H17F3N2O3. The van der Waals surface area contributed by atoms with E-state index in [0.717, 1.165) is 18.7 Å². The van der Waals surface area contributed by atoms with E-state index in [2.05, 4.69) is 0 Å². The Morgan fingerprint density at radius 2 is 1.95 bits per heavy atom. The van der Waals surface area contributed by atoms with Gasteiger partial charge in [-0.15, -0.1) is 0 Å². The maximum Gasteiger partial charge on any atom is 0.394 e. The maximum absolute atomic E-state index is 12.7. The Bertz CT molecular complexity index is 369. The van der Waals surface area contributed by atoms with Crippen molar-refractivity contribution in [1.29, 1.82) is 0 Å². The summed E-state index contributed by atoms with van der Waals surface area (Å²) in [5.74, 6) is -1.52. The van der Waals surface area contributed by atoms with Crippen molar-refractivity contribution >= 4 is 11.8 Å². The second kappa shape index (κ2) is 5.36. The molecule has 1 unspecified atom stereocenters. The molecule has 1 rings (SSSR count). The van der Waals surface area contributed by atoms with Crippen LogP contribution < -0.4 is 5.73 Å². The van der Waals surface area contributed by atoms with Crippen LogP contribution in [0.1, 0.15) is 20.3 Å². The first kappa shape index (κ1) is 15.7. The van der Waals surface area contributed by atoms with Gasteiger partial charge in [-0.1, -0.05) is 13.8 Å². The molecule has 5 nitrogen and oxygen atoms in total. The van der Waals surface area contributed by atoms with Gasteiger partial charge in [0.15, 0.2) is 0 Å². The molecule has 0 spiro atoms. The zero-order chi connectivity index (χ0) is 14.8. The first-order chi connectivity index (χ1) is 8.56. The molecule has 1 fully saturated rings. The molecule has 0 radical (unpaired) electrons. The molecule has 1 saturated heterocycles. The van der Waals surface area contributed by atoms with Gasteiger partial charge in [0, 0.05) is 13.0 Å². The average Bonchev–Trinajstić information content (AvgIpc) is 2.26. The van der Waals surface area contributed by atoms with Gasteiger partial charge in [-0.2, -0.15) is 13.2 Å². The third-order valence-corrected chi connectivity index (χ3v) is 3.14. The van der Waals surface area contributed by atoms with Gasteiger partial charge in [0.1, 0.15) is 6.04 Å². The Morgan fingerprint density at radius 3 is 2.42 bits per heavy atom. The van der Waals surface area contributed by atoms with Crippen LogP contribution >= 0.6 is 0 Å². The SMILES string of the molecule is CC(C)(CC(=O)N1CCOCC1C(N)=O)C(F)(F)F. The van der Waals surface area contributed by atoms with Gasteiger partial charge in [0.25, 0.3) is 0 Å². The first-order valence-electron chi connectivity index (χ1n) is 5.79. The number of rotatable bonds is 3. The highest BCUT2D eigenvalue weighted by molar-refractivity contribution is 5.87. The number of nitrogens with two attached hydrogens (primary N) is 1. The second-order valence-electron chi connectivity index (χ2n) is 5.14. The molecule has 0 aliphatic carbocycles. The molecule has 0 bridgehead atoms. The Kier molecular flexibility index (Phi) is 4.44. The normalized spacial score (nSPS) is 21.3. The Morgan fingerprint density at radius 1 is 1.37 bits per heavy atom. The van der Waals surface area contributed by atoms with Crippen LogP contribution in [-0.4, -0.2) is 48.7 Å². The van der Waals surface area contributed by atoms with E-state index in [-0.39, 0.29) is 19.8 Å². The van der Waals surface area contributed by atoms with Crippen LogP contribution in [0.3, 0.4) is 0 Å². The predicted octanol–water partition coefficient (Wildman–Crippen LogP) is 0.678. The summed E-state index contributed by atoms with van der Waals surface area (Å²) >= 11 is 0. The minimum Gasteiger partial charge on any atom is -0.377 e. The summed E-state index contributed by atoms with van der Waals surface area (Å²) in [4.78, 5) is 24.2. The molecule has 1 aliphatic heterocycles. The Labute approximate surface area is 108 Å². The molecule has 110 valence electrons. The number of ether oxygens (including phenoxy) is 1. The lowest BCUT2D eigenvalue weighted by atomic mass is 9.87. The number of nitrogens with zero attached hydrogens (tertiary/aromatic N) is 1. The van der Waals surface area contributed by atoms with E-state index in [1.165, 1.54) is 0 Å². The lowest BCUT2D eigenvalue weighted by Gasteiger charge is -2.36. The van der Waals surface area contributed by atoms with E-state index in [4.69, 9.17) is 10.5 Å². The van der Waals surface area contributed by atoms with E-state index in [1.54, 1.807) is 0 Å². The lowest BCUT2D eigenvalue weighted by Crippen LogP contribution is -2.55. The van der Waals surface area contributed by atoms with Crippen molar-refractivity contribution in [3.05, 3.63) is 0 Å². The van der Waals surface area contributed by atoms with Crippen LogP contribution in [0.4, 0.5) is 13.2 Å². The summed E-state index contributed by atoms with van der Waals surface area (Å²) in [5, 5.41) is 0. The summed E-state index contributed by atoms with van der Waals surface area (Å²) in [6.07, 6.45) is -5.21. The summed E-state index contributed by atoms with van der Waals surface area (Å²) in [7, 11) is 0. The van der Waals surface area contributed by atoms with Gasteiger partial charge in [0.05, 0.1) is 18.6 Å². The van der Waals surface area contributed by atoms with Crippen LogP contribution in [0.2, 0.25) is 0 Å². The van der Waals surface area contributed by atoms with Crippen molar-refractivity contribution in [2.24, 2.45) is 11.1 Å². The number of hydrogen-bond acceptors (Lipinski definition) is 3. The fourth-order valence-electron chi connectivity index (χ4n) is 1.72. The number of carbonyl (C=O) groups is 2. The van der Waals surface area contributed by atoms with E-state index >= 15 is 0 Å². The molecule has 1 atom stereocenters. The van der Waals surface area contributed by atoms with Crippen molar-refractivity contribution in [1.82, 2.24) is 4.90 Å². The number of amides is 2. The quantitative estimate of drug-likeness (QED) is 0.827. The molecule has 0 saturated carbocycles. The molecule has 8 heteroatoms. The lowest BCUT2D eigenvalue weighted by molar-refractivity contribution is -0.216. The minimum absolute atomic E-state index is 0.0698. The zero-order valence-corrected chi connectivity index (χ0v) is 10.8. The Balaban J connectivity index is 2.79. The highest BCUT2D eigenvalue weighted by Crippen LogP contribution is 2.40. The van der Waals surface area contributed by atoms with E-state index in [9.17, 15) is 22.8 Å². The molecule has 1 aliphatic rings. The molecule has 2 amide bonds. The molecule has 2 N–H and O–H groups in total. The fraction of sp³-hybridized carbons (Fsp3) is 0.818. The van der Waals surface area contributed by atoms with Crippen molar-refractivity contribution in [3.63, 3.8) is 0 Å².